The number of thioether (sulfide) groups is 1. The van der Waals surface area contributed by atoms with Crippen LogP contribution in [-0.2, 0) is 11.3 Å². The quantitative estimate of drug-likeness (QED) is 0.337. The summed E-state index contributed by atoms with van der Waals surface area (Å²) in [5.74, 6) is 0.442. The van der Waals surface area contributed by atoms with Gasteiger partial charge in [-0.1, -0.05) is 0 Å². The molecule has 3 fully saturated rings. The van der Waals surface area contributed by atoms with Gasteiger partial charge >= 0.3 is 17.6 Å². The summed E-state index contributed by atoms with van der Waals surface area (Å²) in [7, 11) is 0. The minimum absolute atomic E-state index is 0.0453. The maximum Gasteiger partial charge on any atom is 0.446 e. The van der Waals surface area contributed by atoms with Crippen LogP contribution >= 0.6 is 11.8 Å². The molecule has 0 atom stereocenters. The number of rotatable bonds is 8. The Kier molecular flexibility index (Phi) is 7.71. The molecule has 2 aliphatic heterocycles. The Bertz CT molecular complexity index is 1280. The third kappa shape index (κ3) is 6.20. The first kappa shape index (κ1) is 28.2. The van der Waals surface area contributed by atoms with Crippen molar-refractivity contribution in [3.63, 3.8) is 0 Å². The number of anilines is 2. The molecule has 1 aromatic carbocycles. The lowest BCUT2D eigenvalue weighted by Crippen LogP contribution is -2.50. The molecule has 2 N–H and O–H groups in total. The van der Waals surface area contributed by atoms with Crippen LogP contribution in [0.5, 0.6) is 0 Å². The fourth-order valence-corrected chi connectivity index (χ4v) is 5.76. The summed E-state index contributed by atoms with van der Waals surface area (Å²) in [6, 6.07) is 7.64. The van der Waals surface area contributed by atoms with E-state index in [1.165, 1.54) is 54.9 Å². The van der Waals surface area contributed by atoms with E-state index in [0.717, 1.165) is 24.3 Å². The Morgan fingerprint density at radius 1 is 1.12 bits per heavy atom. The summed E-state index contributed by atoms with van der Waals surface area (Å²) >= 11 is -0.267. The van der Waals surface area contributed by atoms with Crippen LogP contribution in [0, 0.1) is 5.92 Å². The second-order valence-corrected chi connectivity index (χ2v) is 12.1. The topological polar surface area (TPSA) is 97.9 Å². The summed E-state index contributed by atoms with van der Waals surface area (Å²) in [5.41, 5.74) is -4.81. The van der Waals surface area contributed by atoms with Gasteiger partial charge in [0.25, 0.3) is 5.91 Å². The van der Waals surface area contributed by atoms with Gasteiger partial charge in [0.05, 0.1) is 5.69 Å². The highest BCUT2D eigenvalue weighted by molar-refractivity contribution is 8.00. The van der Waals surface area contributed by atoms with E-state index in [1.54, 1.807) is 26.0 Å². The van der Waals surface area contributed by atoms with Crippen molar-refractivity contribution >= 4 is 41.2 Å². The van der Waals surface area contributed by atoms with E-state index in [-0.39, 0.29) is 41.0 Å². The van der Waals surface area contributed by atoms with Crippen LogP contribution in [0.15, 0.2) is 47.5 Å². The first-order chi connectivity index (χ1) is 18.9. The molecule has 9 nitrogen and oxygen atoms in total. The Labute approximate surface area is 234 Å². The molecule has 0 spiro atoms. The van der Waals surface area contributed by atoms with Crippen molar-refractivity contribution in [3.05, 3.63) is 48.2 Å². The van der Waals surface area contributed by atoms with Gasteiger partial charge in [0.1, 0.15) is 11.4 Å². The van der Waals surface area contributed by atoms with Crippen LogP contribution in [0.3, 0.4) is 0 Å². The lowest BCUT2D eigenvalue weighted by atomic mass is 9.79. The summed E-state index contributed by atoms with van der Waals surface area (Å²) in [6.07, 6.45) is 4.69. The molecular formula is C27H31F3N6O3S. The van der Waals surface area contributed by atoms with Gasteiger partial charge in [-0.25, -0.2) is 19.5 Å². The highest BCUT2D eigenvalue weighted by Gasteiger charge is 2.51. The van der Waals surface area contributed by atoms with Gasteiger partial charge in [0, 0.05) is 30.2 Å². The van der Waals surface area contributed by atoms with Crippen molar-refractivity contribution in [2.45, 2.75) is 61.6 Å². The van der Waals surface area contributed by atoms with Crippen LogP contribution in [0.4, 0.5) is 34.3 Å². The number of amides is 5. The molecule has 1 saturated carbocycles. The van der Waals surface area contributed by atoms with Crippen LogP contribution in [0.1, 0.15) is 38.7 Å². The Balaban J connectivity index is 1.19. The van der Waals surface area contributed by atoms with Gasteiger partial charge < -0.3 is 15.1 Å². The highest BCUT2D eigenvalue weighted by atomic mass is 32.2. The molecule has 2 saturated heterocycles. The second kappa shape index (κ2) is 10.9. The van der Waals surface area contributed by atoms with E-state index in [9.17, 15) is 27.6 Å². The molecule has 5 rings (SSSR count). The lowest BCUT2D eigenvalue weighted by molar-refractivity contribution is -0.123. The van der Waals surface area contributed by atoms with Gasteiger partial charge in [0.2, 0.25) is 0 Å². The number of carbonyl (C=O) groups is 3. The van der Waals surface area contributed by atoms with Crippen LogP contribution in [0.25, 0.3) is 0 Å². The monoisotopic (exact) mass is 576 g/mol. The standard InChI is InChI=1S/C27H31F3N6O3S/c1-26(2)23(37)36(20-4-6-21(7-5-20)40-27(28,29)30)25(39)35(26)16-17-8-9-31-22(14-17)33-24(38)32-19-12-18(13-19)15-34-10-3-11-34/h4-9,14,18-19H,3,10-13,15-16H2,1-2H3,(H2,31,32,33,38). The minimum Gasteiger partial charge on any atom is -0.335 e. The first-order valence-electron chi connectivity index (χ1n) is 13.2. The van der Waals surface area contributed by atoms with Gasteiger partial charge in [0.15, 0.2) is 0 Å². The van der Waals surface area contributed by atoms with Gasteiger partial charge in [-0.05, 0) is 106 Å². The summed E-state index contributed by atoms with van der Waals surface area (Å²) in [5, 5.41) is 5.72. The normalized spacial score (nSPS) is 22.6. The van der Waals surface area contributed by atoms with E-state index in [1.807, 2.05) is 0 Å². The summed E-state index contributed by atoms with van der Waals surface area (Å²) in [4.78, 5) is 48.0. The number of hydrogen-bond donors (Lipinski definition) is 2. The maximum absolute atomic E-state index is 13.3. The van der Waals surface area contributed by atoms with E-state index >= 15 is 0 Å². The molecule has 13 heteroatoms. The molecule has 3 heterocycles. The molecular weight excluding hydrogens is 545 g/mol. The van der Waals surface area contributed by atoms with E-state index in [2.05, 4.69) is 20.5 Å². The van der Waals surface area contributed by atoms with Crippen molar-refractivity contribution in [3.8, 4) is 0 Å². The van der Waals surface area contributed by atoms with Gasteiger partial charge in [-0.3, -0.25) is 10.1 Å². The number of pyridine rings is 1. The van der Waals surface area contributed by atoms with Crippen LogP contribution < -0.4 is 15.5 Å². The third-order valence-electron chi connectivity index (χ3n) is 7.59. The molecule has 5 amide bonds. The Morgan fingerprint density at radius 2 is 1.82 bits per heavy atom. The number of carbonyl (C=O) groups excluding carboxylic acids is 3. The predicted molar refractivity (Wildman–Crippen MR) is 145 cm³/mol. The SMILES string of the molecule is CC1(C)C(=O)N(c2ccc(SC(F)(F)F)cc2)C(=O)N1Cc1ccnc(NC(=O)NC2CC(CN3CCC3)C2)c1. The van der Waals surface area contributed by atoms with E-state index < -0.39 is 23.0 Å². The number of imide groups is 1. The number of aromatic nitrogens is 1. The maximum atomic E-state index is 13.3. The zero-order valence-corrected chi connectivity index (χ0v) is 23.0. The number of nitrogens with one attached hydrogen (secondary N) is 2. The molecule has 1 aromatic heterocycles. The molecule has 3 aliphatic rings. The predicted octanol–water partition coefficient (Wildman–Crippen LogP) is 5.05. The van der Waals surface area contributed by atoms with Crippen molar-refractivity contribution in [2.75, 3.05) is 29.9 Å². The highest BCUT2D eigenvalue weighted by Crippen LogP contribution is 2.39. The van der Waals surface area contributed by atoms with E-state index in [4.69, 9.17) is 0 Å². The zero-order valence-electron chi connectivity index (χ0n) is 22.2. The molecule has 1 aliphatic carbocycles. The second-order valence-electron chi connectivity index (χ2n) is 10.9. The van der Waals surface area contributed by atoms with Gasteiger partial charge in [-0.15, -0.1) is 0 Å². The minimum atomic E-state index is -4.44. The smallest absolute Gasteiger partial charge is 0.335 e. The largest absolute Gasteiger partial charge is 0.446 e. The molecule has 40 heavy (non-hydrogen) atoms. The third-order valence-corrected chi connectivity index (χ3v) is 8.33. The summed E-state index contributed by atoms with van der Waals surface area (Å²) in [6.45, 7) is 6.72. The number of halogens is 3. The number of likely N-dealkylation sites (tertiary alicyclic amines) is 1. The zero-order chi connectivity index (χ0) is 28.7. The van der Waals surface area contributed by atoms with Gasteiger partial charge in [-0.2, -0.15) is 13.2 Å². The summed E-state index contributed by atoms with van der Waals surface area (Å²) < 4.78 is 38.0. The van der Waals surface area contributed by atoms with Crippen molar-refractivity contribution in [2.24, 2.45) is 5.92 Å². The number of benzene rings is 1. The van der Waals surface area contributed by atoms with Crippen molar-refractivity contribution in [1.82, 2.24) is 20.1 Å². The molecule has 2 aromatic rings. The molecule has 0 radical (unpaired) electrons. The average Bonchev–Trinajstić information content (AvgIpc) is 2.98. The first-order valence-corrected chi connectivity index (χ1v) is 14.0. The average molecular weight is 577 g/mol. The lowest BCUT2D eigenvalue weighted by Gasteiger charge is -2.41. The van der Waals surface area contributed by atoms with Crippen LogP contribution in [0.2, 0.25) is 0 Å². The number of hydrogen-bond acceptors (Lipinski definition) is 6. The number of alkyl halides is 3. The fraction of sp³-hybridized carbons (Fsp3) is 0.481. The molecule has 214 valence electrons. The van der Waals surface area contributed by atoms with Crippen molar-refractivity contribution in [1.29, 1.82) is 0 Å². The Hall–Kier alpha value is -3.32. The fourth-order valence-electron chi connectivity index (χ4n) is 5.22. The molecule has 0 unspecified atom stereocenters. The van der Waals surface area contributed by atoms with E-state index in [0.29, 0.717) is 17.3 Å². The number of urea groups is 2. The van der Waals surface area contributed by atoms with Crippen LogP contribution in [-0.4, -0.2) is 69.5 Å². The molecule has 0 bridgehead atoms. The van der Waals surface area contributed by atoms with Crippen molar-refractivity contribution < 1.29 is 27.6 Å². The Morgan fingerprint density at radius 3 is 2.45 bits per heavy atom. The number of nitrogens with zero attached hydrogens (tertiary/aromatic N) is 4.